The van der Waals surface area contributed by atoms with Crippen LogP contribution in [0.4, 0.5) is 0 Å². The fraction of sp³-hybridized carbons (Fsp3) is 0.190. The van der Waals surface area contributed by atoms with E-state index in [1.54, 1.807) is 24.3 Å². The number of aromatic amines is 1. The largest absolute Gasteiger partial charge is 0.319 e. The number of carbonyl (C=O) groups excluding carboxylic acids is 3. The molecule has 1 aliphatic rings. The molecule has 0 atom stereocenters. The summed E-state index contributed by atoms with van der Waals surface area (Å²) in [5.41, 5.74) is 0.629. The van der Waals surface area contributed by atoms with Crippen LogP contribution in [0, 0.1) is 0 Å². The molecule has 3 amide bonds. The number of nitrogens with zero attached hydrogens (tertiary/aromatic N) is 3. The maximum Gasteiger partial charge on any atom is 0.275 e. The Hall–Kier alpha value is -3.81. The molecule has 2 aromatic carbocycles. The van der Waals surface area contributed by atoms with Gasteiger partial charge in [0.25, 0.3) is 11.5 Å². The molecule has 1 aliphatic heterocycles. The molecular formula is C21H18N4O4. The Balaban J connectivity index is 1.51. The lowest BCUT2D eigenvalue weighted by atomic mass is 10.1. The third kappa shape index (κ3) is 3.64. The number of imide groups is 1. The van der Waals surface area contributed by atoms with E-state index in [0.717, 1.165) is 10.5 Å². The highest BCUT2D eigenvalue weighted by atomic mass is 16.2. The number of benzene rings is 2. The van der Waals surface area contributed by atoms with Gasteiger partial charge in [0, 0.05) is 11.9 Å². The lowest BCUT2D eigenvalue weighted by Crippen LogP contribution is -2.56. The summed E-state index contributed by atoms with van der Waals surface area (Å²) in [7, 11) is 0. The number of fused-ring (bicyclic) bond motifs is 1. The van der Waals surface area contributed by atoms with Crippen molar-refractivity contribution >= 4 is 28.5 Å². The number of piperazine rings is 1. The lowest BCUT2D eigenvalue weighted by molar-refractivity contribution is -0.150. The summed E-state index contributed by atoms with van der Waals surface area (Å²) >= 11 is 0. The van der Waals surface area contributed by atoms with Gasteiger partial charge in [-0.25, -0.2) is 5.10 Å². The molecule has 29 heavy (non-hydrogen) atoms. The Bertz CT molecular complexity index is 1140. The number of hydrogen-bond donors (Lipinski definition) is 1. The number of H-pyrrole nitrogens is 1. The zero-order chi connectivity index (χ0) is 20.4. The van der Waals surface area contributed by atoms with Crippen molar-refractivity contribution in [3.05, 3.63) is 76.2 Å². The van der Waals surface area contributed by atoms with Crippen molar-refractivity contribution in [3.63, 3.8) is 0 Å². The summed E-state index contributed by atoms with van der Waals surface area (Å²) in [4.78, 5) is 52.2. The van der Waals surface area contributed by atoms with E-state index in [2.05, 4.69) is 10.2 Å². The van der Waals surface area contributed by atoms with E-state index in [0.29, 0.717) is 17.2 Å². The molecule has 0 bridgehead atoms. The molecule has 1 saturated heterocycles. The first-order valence-electron chi connectivity index (χ1n) is 9.18. The minimum Gasteiger partial charge on any atom is -0.319 e. The predicted molar refractivity (Wildman–Crippen MR) is 105 cm³/mol. The van der Waals surface area contributed by atoms with Crippen LogP contribution in [0.15, 0.2) is 59.4 Å². The third-order valence-corrected chi connectivity index (χ3v) is 4.91. The molecule has 4 rings (SSSR count). The van der Waals surface area contributed by atoms with Gasteiger partial charge in [0.1, 0.15) is 13.1 Å². The Morgan fingerprint density at radius 1 is 0.897 bits per heavy atom. The van der Waals surface area contributed by atoms with Crippen LogP contribution in [0.1, 0.15) is 16.1 Å². The molecule has 0 unspecified atom stereocenters. The molecule has 0 spiro atoms. The van der Waals surface area contributed by atoms with Gasteiger partial charge >= 0.3 is 0 Å². The van der Waals surface area contributed by atoms with E-state index >= 15 is 0 Å². The smallest absolute Gasteiger partial charge is 0.275 e. The van der Waals surface area contributed by atoms with Crippen LogP contribution in [-0.2, 0) is 16.0 Å². The van der Waals surface area contributed by atoms with Crippen molar-refractivity contribution in [1.82, 2.24) is 20.0 Å². The standard InChI is InChI=1S/C21H18N4O4/c26-17-12-24(13-18(27)25(17)11-10-14-6-2-1-3-7-14)21(29)19-15-8-4-5-9-16(15)20(28)23-22-19/h1-9H,10-13H2,(H,23,28). The summed E-state index contributed by atoms with van der Waals surface area (Å²) in [6.45, 7) is -0.160. The van der Waals surface area contributed by atoms with E-state index in [1.807, 2.05) is 30.3 Å². The van der Waals surface area contributed by atoms with Crippen LogP contribution in [0.3, 0.4) is 0 Å². The molecule has 146 valence electrons. The summed E-state index contributed by atoms with van der Waals surface area (Å²) in [6.07, 6.45) is 0.554. The Labute approximate surface area is 165 Å². The molecular weight excluding hydrogens is 372 g/mol. The summed E-state index contributed by atoms with van der Waals surface area (Å²) in [5.74, 6) is -1.43. The highest BCUT2D eigenvalue weighted by Gasteiger charge is 2.34. The fourth-order valence-corrected chi connectivity index (χ4v) is 3.40. The van der Waals surface area contributed by atoms with Crippen molar-refractivity contribution < 1.29 is 14.4 Å². The Morgan fingerprint density at radius 3 is 2.21 bits per heavy atom. The van der Waals surface area contributed by atoms with Gasteiger partial charge in [-0.05, 0) is 18.1 Å². The highest BCUT2D eigenvalue weighted by Crippen LogP contribution is 2.16. The zero-order valence-electron chi connectivity index (χ0n) is 15.5. The maximum absolute atomic E-state index is 12.9. The molecule has 1 aromatic heterocycles. The first-order chi connectivity index (χ1) is 14.0. The van der Waals surface area contributed by atoms with Gasteiger partial charge in [0.15, 0.2) is 5.69 Å². The summed E-state index contributed by atoms with van der Waals surface area (Å²) < 4.78 is 0. The van der Waals surface area contributed by atoms with Gasteiger partial charge in [0.05, 0.1) is 5.39 Å². The van der Waals surface area contributed by atoms with E-state index < -0.39 is 23.3 Å². The number of carbonyl (C=O) groups is 3. The second kappa shape index (κ2) is 7.67. The van der Waals surface area contributed by atoms with Crippen LogP contribution in [-0.4, -0.2) is 57.4 Å². The highest BCUT2D eigenvalue weighted by molar-refractivity contribution is 6.09. The number of rotatable bonds is 4. The van der Waals surface area contributed by atoms with Gasteiger partial charge in [-0.2, -0.15) is 5.10 Å². The second-order valence-corrected chi connectivity index (χ2v) is 6.78. The minimum atomic E-state index is -0.568. The number of amides is 3. The van der Waals surface area contributed by atoms with Crippen LogP contribution < -0.4 is 5.56 Å². The fourth-order valence-electron chi connectivity index (χ4n) is 3.40. The van der Waals surface area contributed by atoms with Gasteiger partial charge in [-0.3, -0.25) is 24.1 Å². The first kappa shape index (κ1) is 18.5. The van der Waals surface area contributed by atoms with Crippen molar-refractivity contribution in [3.8, 4) is 0 Å². The molecule has 0 radical (unpaired) electrons. The number of hydrogen-bond acceptors (Lipinski definition) is 5. The Morgan fingerprint density at radius 2 is 1.52 bits per heavy atom. The Kier molecular flexibility index (Phi) is 4.90. The third-order valence-electron chi connectivity index (χ3n) is 4.91. The van der Waals surface area contributed by atoms with E-state index in [9.17, 15) is 19.2 Å². The number of nitrogens with one attached hydrogen (secondary N) is 1. The van der Waals surface area contributed by atoms with Gasteiger partial charge in [0.2, 0.25) is 11.8 Å². The summed E-state index contributed by atoms with van der Waals surface area (Å²) in [6, 6.07) is 16.1. The summed E-state index contributed by atoms with van der Waals surface area (Å²) in [5, 5.41) is 6.87. The molecule has 2 heterocycles. The van der Waals surface area contributed by atoms with E-state index in [-0.39, 0.29) is 25.3 Å². The van der Waals surface area contributed by atoms with Crippen molar-refractivity contribution in [2.75, 3.05) is 19.6 Å². The number of aromatic nitrogens is 2. The van der Waals surface area contributed by atoms with Crippen LogP contribution in [0.25, 0.3) is 10.8 Å². The van der Waals surface area contributed by atoms with Crippen LogP contribution in [0.2, 0.25) is 0 Å². The molecule has 3 aromatic rings. The van der Waals surface area contributed by atoms with Crippen LogP contribution in [0.5, 0.6) is 0 Å². The molecule has 1 N–H and O–H groups in total. The normalized spacial score (nSPS) is 14.5. The average molecular weight is 390 g/mol. The molecule has 1 fully saturated rings. The van der Waals surface area contributed by atoms with Crippen molar-refractivity contribution in [2.24, 2.45) is 0 Å². The maximum atomic E-state index is 12.9. The minimum absolute atomic E-state index is 0.0125. The predicted octanol–water partition coefficient (Wildman–Crippen LogP) is 0.977. The quantitative estimate of drug-likeness (QED) is 0.669. The lowest BCUT2D eigenvalue weighted by Gasteiger charge is -2.32. The molecule has 8 nitrogen and oxygen atoms in total. The van der Waals surface area contributed by atoms with Crippen molar-refractivity contribution in [1.29, 1.82) is 0 Å². The van der Waals surface area contributed by atoms with Gasteiger partial charge < -0.3 is 4.90 Å². The van der Waals surface area contributed by atoms with E-state index in [4.69, 9.17) is 0 Å². The van der Waals surface area contributed by atoms with Crippen molar-refractivity contribution in [2.45, 2.75) is 6.42 Å². The van der Waals surface area contributed by atoms with Gasteiger partial charge in [-0.15, -0.1) is 0 Å². The zero-order valence-corrected chi connectivity index (χ0v) is 15.5. The van der Waals surface area contributed by atoms with Gasteiger partial charge in [-0.1, -0.05) is 48.5 Å². The van der Waals surface area contributed by atoms with E-state index in [1.165, 1.54) is 4.90 Å². The monoisotopic (exact) mass is 390 g/mol. The second-order valence-electron chi connectivity index (χ2n) is 6.78. The molecule has 0 aliphatic carbocycles. The van der Waals surface area contributed by atoms with Crippen LogP contribution >= 0.6 is 0 Å². The molecule has 8 heteroatoms. The first-order valence-corrected chi connectivity index (χ1v) is 9.18. The topological polar surface area (TPSA) is 103 Å². The molecule has 0 saturated carbocycles. The average Bonchev–Trinajstić information content (AvgIpc) is 2.74. The SMILES string of the molecule is O=C(c1n[nH]c(=O)c2ccccc12)N1CC(=O)N(CCc2ccccc2)C(=O)C1.